The quantitative estimate of drug-likeness (QED) is 0.638. The summed E-state index contributed by atoms with van der Waals surface area (Å²) in [5.74, 6) is 0.478. The van der Waals surface area contributed by atoms with Crippen LogP contribution in [0.15, 0.2) is 30.3 Å². The molecule has 1 aromatic carbocycles. The Balaban J connectivity index is 1.70. The van der Waals surface area contributed by atoms with E-state index >= 15 is 0 Å². The number of aryl methyl sites for hydroxylation is 2. The molecule has 0 spiro atoms. The van der Waals surface area contributed by atoms with Gasteiger partial charge in [0.15, 0.2) is 0 Å². The maximum atomic E-state index is 13.3. The Labute approximate surface area is 185 Å². The molecule has 1 saturated heterocycles. The maximum Gasteiger partial charge on any atom is 0.253 e. The van der Waals surface area contributed by atoms with Crippen LogP contribution in [0.4, 0.5) is 0 Å². The van der Waals surface area contributed by atoms with E-state index < -0.39 is 0 Å². The van der Waals surface area contributed by atoms with Crippen molar-refractivity contribution in [2.45, 2.75) is 52.5 Å². The van der Waals surface area contributed by atoms with Gasteiger partial charge in [-0.2, -0.15) is 0 Å². The number of carbonyl (C=O) groups excluding carboxylic acids is 1. The van der Waals surface area contributed by atoms with Crippen LogP contribution in [0, 0.1) is 13.8 Å². The van der Waals surface area contributed by atoms with Gasteiger partial charge in [-0.3, -0.25) is 9.78 Å². The summed E-state index contributed by atoms with van der Waals surface area (Å²) in [6.07, 6.45) is 2.07. The van der Waals surface area contributed by atoms with E-state index in [0.29, 0.717) is 12.0 Å². The number of H-pyrrole nitrogens is 1. The molecule has 1 aliphatic heterocycles. The number of aromatic amines is 1. The van der Waals surface area contributed by atoms with Crippen LogP contribution in [-0.2, 0) is 0 Å². The number of hydrogen-bond acceptors (Lipinski definition) is 3. The molecule has 0 aliphatic carbocycles. The Morgan fingerprint density at radius 1 is 1.10 bits per heavy atom. The van der Waals surface area contributed by atoms with E-state index in [1.54, 1.807) is 0 Å². The number of pyridine rings is 1. The van der Waals surface area contributed by atoms with Gasteiger partial charge in [-0.1, -0.05) is 13.8 Å². The molecule has 0 atom stereocenters. The highest BCUT2D eigenvalue weighted by molar-refractivity contribution is 6.00. The Morgan fingerprint density at radius 3 is 2.32 bits per heavy atom. The van der Waals surface area contributed by atoms with E-state index in [2.05, 4.69) is 67.1 Å². The summed E-state index contributed by atoms with van der Waals surface area (Å²) < 4.78 is 0. The number of fused-ring (bicyclic) bond motifs is 1. The number of rotatable bonds is 4. The van der Waals surface area contributed by atoms with E-state index in [9.17, 15) is 4.79 Å². The molecule has 1 N–H and O–H groups in total. The van der Waals surface area contributed by atoms with Crippen LogP contribution in [0.2, 0.25) is 0 Å². The van der Waals surface area contributed by atoms with Gasteiger partial charge >= 0.3 is 0 Å². The van der Waals surface area contributed by atoms with Crippen molar-refractivity contribution in [3.63, 3.8) is 0 Å². The molecular weight excluding hydrogens is 384 g/mol. The van der Waals surface area contributed by atoms with Crippen molar-refractivity contribution in [1.82, 2.24) is 19.8 Å². The average Bonchev–Trinajstić information content (AvgIpc) is 3.11. The smallest absolute Gasteiger partial charge is 0.253 e. The summed E-state index contributed by atoms with van der Waals surface area (Å²) in [6, 6.07) is 10.9. The van der Waals surface area contributed by atoms with Gasteiger partial charge in [-0.05, 0) is 82.6 Å². The summed E-state index contributed by atoms with van der Waals surface area (Å²) >= 11 is 0. The number of hydrogen-bond donors (Lipinski definition) is 1. The number of nitrogens with one attached hydrogen (secondary N) is 1. The standard InChI is InChI=1S/C26H34N4O/c1-16(2)24-22-15-19(26(31)30-11-9-21(10-12-30)29(5)6)7-8-23(22)28-25(24)20-13-17(3)27-18(4)14-20/h7-8,13-16,21,28H,9-12H2,1-6H3. The molecular formula is C26H34N4O. The molecule has 3 heterocycles. The second-order valence-corrected chi connectivity index (χ2v) is 9.45. The third-order valence-electron chi connectivity index (χ3n) is 6.52. The molecule has 5 heteroatoms. The zero-order valence-corrected chi connectivity index (χ0v) is 19.6. The van der Waals surface area contributed by atoms with Crippen LogP contribution < -0.4 is 0 Å². The highest BCUT2D eigenvalue weighted by atomic mass is 16.2. The highest BCUT2D eigenvalue weighted by Crippen LogP contribution is 2.36. The minimum absolute atomic E-state index is 0.146. The Bertz CT molecular complexity index is 1080. The highest BCUT2D eigenvalue weighted by Gasteiger charge is 2.25. The van der Waals surface area contributed by atoms with E-state index in [1.807, 2.05) is 24.8 Å². The molecule has 2 aromatic heterocycles. The van der Waals surface area contributed by atoms with Gasteiger partial charge in [0.05, 0.1) is 5.69 Å². The molecule has 0 unspecified atom stereocenters. The fourth-order valence-corrected chi connectivity index (χ4v) is 4.92. The topological polar surface area (TPSA) is 52.2 Å². The lowest BCUT2D eigenvalue weighted by molar-refractivity contribution is 0.0663. The molecule has 0 bridgehead atoms. The number of piperidine rings is 1. The minimum atomic E-state index is 0.146. The van der Waals surface area contributed by atoms with Crippen molar-refractivity contribution in [2.75, 3.05) is 27.2 Å². The van der Waals surface area contributed by atoms with Crippen LogP contribution in [0.25, 0.3) is 22.2 Å². The Kier molecular flexibility index (Phi) is 5.89. The van der Waals surface area contributed by atoms with Crippen molar-refractivity contribution >= 4 is 16.8 Å². The van der Waals surface area contributed by atoms with E-state index in [4.69, 9.17) is 0 Å². The Hall–Kier alpha value is -2.66. The normalized spacial score (nSPS) is 15.4. The minimum Gasteiger partial charge on any atom is -0.354 e. The number of benzene rings is 1. The molecule has 0 radical (unpaired) electrons. The SMILES string of the molecule is Cc1cc(-c2[nH]c3ccc(C(=O)N4CCC(N(C)C)CC4)cc3c2C(C)C)cc(C)n1. The summed E-state index contributed by atoms with van der Waals surface area (Å²) in [7, 11) is 4.25. The van der Waals surface area contributed by atoms with E-state index in [1.165, 1.54) is 5.56 Å². The second kappa shape index (κ2) is 8.46. The van der Waals surface area contributed by atoms with Gasteiger partial charge in [0.25, 0.3) is 5.91 Å². The van der Waals surface area contributed by atoms with Crippen LogP contribution in [0.3, 0.4) is 0 Å². The van der Waals surface area contributed by atoms with Crippen molar-refractivity contribution in [1.29, 1.82) is 0 Å². The molecule has 1 fully saturated rings. The zero-order valence-electron chi connectivity index (χ0n) is 19.6. The fourth-order valence-electron chi connectivity index (χ4n) is 4.92. The number of aromatic nitrogens is 2. The number of carbonyl (C=O) groups is 1. The lowest BCUT2D eigenvalue weighted by Gasteiger charge is -2.35. The fraction of sp³-hybridized carbons (Fsp3) is 0.462. The molecule has 31 heavy (non-hydrogen) atoms. The van der Waals surface area contributed by atoms with Gasteiger partial charge in [-0.15, -0.1) is 0 Å². The number of amides is 1. The predicted octanol–water partition coefficient (Wildman–Crippen LogP) is 5.14. The third-order valence-corrected chi connectivity index (χ3v) is 6.52. The lowest BCUT2D eigenvalue weighted by Crippen LogP contribution is -2.44. The largest absolute Gasteiger partial charge is 0.354 e. The summed E-state index contributed by atoms with van der Waals surface area (Å²) in [6.45, 7) is 10.1. The second-order valence-electron chi connectivity index (χ2n) is 9.45. The first-order valence-corrected chi connectivity index (χ1v) is 11.3. The van der Waals surface area contributed by atoms with Crippen LogP contribution in [-0.4, -0.2) is 58.9 Å². The lowest BCUT2D eigenvalue weighted by atomic mass is 9.95. The van der Waals surface area contributed by atoms with Crippen LogP contribution >= 0.6 is 0 Å². The van der Waals surface area contributed by atoms with Gasteiger partial charge in [0, 0.05) is 52.5 Å². The van der Waals surface area contributed by atoms with Crippen molar-refractivity contribution in [2.24, 2.45) is 0 Å². The van der Waals surface area contributed by atoms with Gasteiger partial charge in [0.1, 0.15) is 0 Å². The number of likely N-dealkylation sites (tertiary alicyclic amines) is 1. The first-order valence-electron chi connectivity index (χ1n) is 11.3. The molecule has 3 aromatic rings. The molecule has 0 saturated carbocycles. The van der Waals surface area contributed by atoms with Crippen molar-refractivity contribution in [3.05, 3.63) is 52.8 Å². The molecule has 4 rings (SSSR count). The monoisotopic (exact) mass is 418 g/mol. The summed E-state index contributed by atoms with van der Waals surface area (Å²) in [4.78, 5) is 25.7. The van der Waals surface area contributed by atoms with Crippen molar-refractivity contribution in [3.8, 4) is 11.3 Å². The molecule has 1 amide bonds. The van der Waals surface area contributed by atoms with Gasteiger partial charge in [0.2, 0.25) is 0 Å². The Morgan fingerprint density at radius 2 is 1.74 bits per heavy atom. The third kappa shape index (κ3) is 4.24. The van der Waals surface area contributed by atoms with Gasteiger partial charge in [-0.25, -0.2) is 0 Å². The van der Waals surface area contributed by atoms with E-state index in [0.717, 1.165) is 65.0 Å². The summed E-state index contributed by atoms with van der Waals surface area (Å²) in [5, 5.41) is 1.14. The van der Waals surface area contributed by atoms with E-state index in [-0.39, 0.29) is 5.91 Å². The van der Waals surface area contributed by atoms with Crippen LogP contribution in [0.5, 0.6) is 0 Å². The molecule has 5 nitrogen and oxygen atoms in total. The number of nitrogens with zero attached hydrogens (tertiary/aromatic N) is 3. The predicted molar refractivity (Wildman–Crippen MR) is 128 cm³/mol. The molecule has 1 aliphatic rings. The van der Waals surface area contributed by atoms with Crippen LogP contribution in [0.1, 0.15) is 59.9 Å². The zero-order chi connectivity index (χ0) is 22.3. The molecule has 164 valence electrons. The van der Waals surface area contributed by atoms with Crippen molar-refractivity contribution < 1.29 is 4.79 Å². The van der Waals surface area contributed by atoms with Gasteiger partial charge < -0.3 is 14.8 Å². The maximum absolute atomic E-state index is 13.3. The average molecular weight is 419 g/mol. The first kappa shape index (κ1) is 21.6. The summed E-state index contributed by atoms with van der Waals surface area (Å²) in [5.41, 5.74) is 7.44. The first-order chi connectivity index (χ1) is 14.7.